The summed E-state index contributed by atoms with van der Waals surface area (Å²) in [5.74, 6) is 0.822. The predicted molar refractivity (Wildman–Crippen MR) is 79.0 cm³/mol. The topological polar surface area (TPSA) is 85.1 Å². The summed E-state index contributed by atoms with van der Waals surface area (Å²) >= 11 is 0. The Balaban J connectivity index is 1.95. The Hall–Kier alpha value is -1.73. The summed E-state index contributed by atoms with van der Waals surface area (Å²) in [7, 11) is -3.43. The fourth-order valence-electron chi connectivity index (χ4n) is 1.70. The minimum atomic E-state index is -3.43. The number of hydrogen-bond donors (Lipinski definition) is 1. The maximum absolute atomic E-state index is 12.0. The molecule has 0 bridgehead atoms. The summed E-state index contributed by atoms with van der Waals surface area (Å²) < 4.78 is 31.8. The highest BCUT2D eigenvalue weighted by Crippen LogP contribution is 2.12. The second kappa shape index (κ2) is 6.36. The Kier molecular flexibility index (Phi) is 4.74. The van der Waals surface area contributed by atoms with E-state index in [2.05, 4.69) is 14.9 Å². The Bertz CT molecular complexity index is 691. The molecule has 0 saturated carbocycles. The highest BCUT2D eigenvalue weighted by molar-refractivity contribution is 7.88. The van der Waals surface area contributed by atoms with Gasteiger partial charge in [-0.15, -0.1) is 10.2 Å². The van der Waals surface area contributed by atoms with E-state index in [-0.39, 0.29) is 24.1 Å². The summed E-state index contributed by atoms with van der Waals surface area (Å²) in [6.45, 7) is 5.82. The molecule has 6 nitrogen and oxygen atoms in total. The molecule has 0 aliphatic rings. The van der Waals surface area contributed by atoms with Crippen molar-refractivity contribution in [2.24, 2.45) is 0 Å². The van der Waals surface area contributed by atoms with Gasteiger partial charge in [0.15, 0.2) is 0 Å². The first-order chi connectivity index (χ1) is 9.85. The van der Waals surface area contributed by atoms with Crippen LogP contribution in [0, 0.1) is 6.92 Å². The standard InChI is InChI=1S/C14H19N3O3S/c1-10(2)14-17-16-13(20-14)8-15-21(18,19)9-12-6-4-11(3)5-7-12/h4-7,10,15H,8-9H2,1-3H3. The number of rotatable bonds is 6. The molecule has 0 fully saturated rings. The Morgan fingerprint density at radius 2 is 1.86 bits per heavy atom. The maximum atomic E-state index is 12.0. The van der Waals surface area contributed by atoms with Gasteiger partial charge in [0.25, 0.3) is 0 Å². The minimum absolute atomic E-state index is 0.00785. The summed E-state index contributed by atoms with van der Waals surface area (Å²) in [5, 5.41) is 7.67. The zero-order valence-corrected chi connectivity index (χ0v) is 13.1. The van der Waals surface area contributed by atoms with Crippen LogP contribution in [0.15, 0.2) is 28.7 Å². The van der Waals surface area contributed by atoms with E-state index in [0.717, 1.165) is 11.1 Å². The van der Waals surface area contributed by atoms with Crippen LogP contribution in [-0.4, -0.2) is 18.6 Å². The molecule has 114 valence electrons. The number of hydrogen-bond acceptors (Lipinski definition) is 5. The molecule has 0 atom stereocenters. The lowest BCUT2D eigenvalue weighted by Crippen LogP contribution is -2.24. The molecule has 1 N–H and O–H groups in total. The van der Waals surface area contributed by atoms with Crippen molar-refractivity contribution in [2.45, 2.75) is 39.0 Å². The number of benzene rings is 1. The van der Waals surface area contributed by atoms with Crippen LogP contribution in [0.25, 0.3) is 0 Å². The third-order valence-electron chi connectivity index (χ3n) is 2.90. The molecule has 0 saturated heterocycles. The van der Waals surface area contributed by atoms with Gasteiger partial charge < -0.3 is 4.42 Å². The zero-order chi connectivity index (χ0) is 15.5. The first-order valence-electron chi connectivity index (χ1n) is 6.71. The van der Waals surface area contributed by atoms with Gasteiger partial charge in [-0.05, 0) is 12.5 Å². The average Bonchev–Trinajstić information content (AvgIpc) is 2.88. The molecule has 1 aromatic heterocycles. The summed E-state index contributed by atoms with van der Waals surface area (Å²) in [4.78, 5) is 0. The summed E-state index contributed by atoms with van der Waals surface area (Å²) in [6, 6.07) is 7.38. The molecule has 2 aromatic rings. The molecule has 0 spiro atoms. The average molecular weight is 309 g/mol. The Labute approximate surface area is 124 Å². The van der Waals surface area contributed by atoms with Crippen molar-refractivity contribution in [3.8, 4) is 0 Å². The van der Waals surface area contributed by atoms with Gasteiger partial charge in [0.1, 0.15) is 0 Å². The van der Waals surface area contributed by atoms with Crippen LogP contribution >= 0.6 is 0 Å². The summed E-state index contributed by atoms with van der Waals surface area (Å²) in [5.41, 5.74) is 1.83. The van der Waals surface area contributed by atoms with Crippen LogP contribution in [0.3, 0.4) is 0 Å². The molecule has 21 heavy (non-hydrogen) atoms. The number of nitrogens with zero attached hydrogens (tertiary/aromatic N) is 2. The van der Waals surface area contributed by atoms with Gasteiger partial charge in [-0.3, -0.25) is 0 Å². The van der Waals surface area contributed by atoms with E-state index in [1.165, 1.54) is 0 Å². The van der Waals surface area contributed by atoms with Gasteiger partial charge >= 0.3 is 0 Å². The minimum Gasteiger partial charge on any atom is -0.424 e. The van der Waals surface area contributed by atoms with E-state index < -0.39 is 10.0 Å². The van der Waals surface area contributed by atoms with Crippen LogP contribution in [-0.2, 0) is 22.3 Å². The Morgan fingerprint density at radius 1 is 1.19 bits per heavy atom. The molecule has 7 heteroatoms. The first-order valence-corrected chi connectivity index (χ1v) is 8.36. The quantitative estimate of drug-likeness (QED) is 0.883. The molecule has 0 unspecified atom stereocenters. The molecule has 0 amide bonds. The van der Waals surface area contributed by atoms with Gasteiger partial charge in [0, 0.05) is 5.92 Å². The molecule has 2 rings (SSSR count). The smallest absolute Gasteiger partial charge is 0.231 e. The van der Waals surface area contributed by atoms with E-state index in [4.69, 9.17) is 4.42 Å². The van der Waals surface area contributed by atoms with Gasteiger partial charge in [0.05, 0.1) is 12.3 Å². The number of nitrogens with one attached hydrogen (secondary N) is 1. The van der Waals surface area contributed by atoms with E-state index >= 15 is 0 Å². The van der Waals surface area contributed by atoms with Crippen molar-refractivity contribution >= 4 is 10.0 Å². The normalized spacial score (nSPS) is 12.0. The van der Waals surface area contributed by atoms with Crippen LogP contribution in [0.5, 0.6) is 0 Å². The molecule has 0 aliphatic heterocycles. The highest BCUT2D eigenvalue weighted by Gasteiger charge is 2.14. The monoisotopic (exact) mass is 309 g/mol. The second-order valence-electron chi connectivity index (χ2n) is 5.25. The molecule has 1 aromatic carbocycles. The SMILES string of the molecule is Cc1ccc(CS(=O)(=O)NCc2nnc(C(C)C)o2)cc1. The maximum Gasteiger partial charge on any atom is 0.231 e. The van der Waals surface area contributed by atoms with Crippen molar-refractivity contribution in [2.75, 3.05) is 0 Å². The second-order valence-corrected chi connectivity index (χ2v) is 7.06. The molecule has 0 aliphatic carbocycles. The molecule has 0 radical (unpaired) electrons. The fraction of sp³-hybridized carbons (Fsp3) is 0.429. The van der Waals surface area contributed by atoms with Gasteiger partial charge in [0.2, 0.25) is 21.8 Å². The number of aromatic nitrogens is 2. The number of sulfonamides is 1. The zero-order valence-electron chi connectivity index (χ0n) is 12.3. The van der Waals surface area contributed by atoms with E-state index in [1.807, 2.05) is 32.9 Å². The van der Waals surface area contributed by atoms with Crippen LogP contribution in [0.2, 0.25) is 0 Å². The predicted octanol–water partition coefficient (Wildman–Crippen LogP) is 2.12. The lowest BCUT2D eigenvalue weighted by atomic mass is 10.2. The fourth-order valence-corrected chi connectivity index (χ4v) is 2.77. The van der Waals surface area contributed by atoms with Crippen molar-refractivity contribution in [3.05, 3.63) is 47.2 Å². The van der Waals surface area contributed by atoms with Crippen LogP contribution in [0.4, 0.5) is 0 Å². The van der Waals surface area contributed by atoms with Crippen molar-refractivity contribution < 1.29 is 12.8 Å². The van der Waals surface area contributed by atoms with Crippen molar-refractivity contribution in [1.29, 1.82) is 0 Å². The van der Waals surface area contributed by atoms with Crippen molar-refractivity contribution in [1.82, 2.24) is 14.9 Å². The van der Waals surface area contributed by atoms with Gasteiger partial charge in [-0.2, -0.15) is 0 Å². The Morgan fingerprint density at radius 3 is 2.43 bits per heavy atom. The third-order valence-corrected chi connectivity index (χ3v) is 4.19. The molecular formula is C14H19N3O3S. The van der Waals surface area contributed by atoms with Crippen LogP contribution < -0.4 is 4.72 Å². The highest BCUT2D eigenvalue weighted by atomic mass is 32.2. The molecule has 1 heterocycles. The number of aryl methyl sites for hydroxylation is 1. The third kappa shape index (κ3) is 4.64. The van der Waals surface area contributed by atoms with Crippen LogP contribution in [0.1, 0.15) is 42.7 Å². The summed E-state index contributed by atoms with van der Waals surface area (Å²) in [6.07, 6.45) is 0. The molecular weight excluding hydrogens is 290 g/mol. The lowest BCUT2D eigenvalue weighted by molar-refractivity contribution is 0.427. The lowest BCUT2D eigenvalue weighted by Gasteiger charge is -2.05. The van der Waals surface area contributed by atoms with E-state index in [9.17, 15) is 8.42 Å². The van der Waals surface area contributed by atoms with Crippen molar-refractivity contribution in [3.63, 3.8) is 0 Å². The van der Waals surface area contributed by atoms with Gasteiger partial charge in [-0.1, -0.05) is 43.7 Å². The largest absolute Gasteiger partial charge is 0.424 e. The van der Waals surface area contributed by atoms with E-state index in [0.29, 0.717) is 5.89 Å². The van der Waals surface area contributed by atoms with E-state index in [1.54, 1.807) is 12.1 Å². The first kappa shape index (κ1) is 15.7. The van der Waals surface area contributed by atoms with Gasteiger partial charge in [-0.25, -0.2) is 13.1 Å².